The molecule has 0 aliphatic carbocycles. The Morgan fingerprint density at radius 3 is 2.38 bits per heavy atom. The van der Waals surface area contributed by atoms with Crippen LogP contribution in [0.4, 0.5) is 0 Å². The van der Waals surface area contributed by atoms with E-state index in [0.29, 0.717) is 26.1 Å². The number of fused-ring (bicyclic) bond motifs is 1. The minimum absolute atomic E-state index is 0.0744. The number of nitrogens with zero attached hydrogens (tertiary/aromatic N) is 2. The molecule has 0 aromatic heterocycles. The zero-order valence-electron chi connectivity index (χ0n) is 16.9. The summed E-state index contributed by atoms with van der Waals surface area (Å²) < 4.78 is 10.7. The fraction of sp³-hybridized carbons (Fsp3) is 0.524. The number of carbonyl (C=O) groups excluding carboxylic acids is 4. The van der Waals surface area contributed by atoms with Crippen molar-refractivity contribution in [2.45, 2.75) is 39.3 Å². The van der Waals surface area contributed by atoms with Crippen molar-refractivity contribution < 1.29 is 28.7 Å². The third-order valence-corrected chi connectivity index (χ3v) is 5.46. The molecule has 29 heavy (non-hydrogen) atoms. The van der Waals surface area contributed by atoms with Crippen molar-refractivity contribution in [2.75, 3.05) is 26.3 Å². The molecule has 0 saturated carbocycles. The molecule has 8 nitrogen and oxygen atoms in total. The summed E-state index contributed by atoms with van der Waals surface area (Å²) in [7, 11) is 0. The van der Waals surface area contributed by atoms with Crippen LogP contribution in [0.3, 0.4) is 0 Å². The first-order valence-corrected chi connectivity index (χ1v) is 9.88. The van der Waals surface area contributed by atoms with Crippen LogP contribution in [0.25, 0.3) is 0 Å². The van der Waals surface area contributed by atoms with Crippen molar-refractivity contribution in [3.63, 3.8) is 0 Å². The van der Waals surface area contributed by atoms with Gasteiger partial charge >= 0.3 is 5.97 Å². The number of hydrogen-bond donors (Lipinski definition) is 0. The van der Waals surface area contributed by atoms with Crippen LogP contribution in [0.5, 0.6) is 0 Å². The summed E-state index contributed by atoms with van der Waals surface area (Å²) in [5.74, 6) is -2.41. The molecular weight excluding hydrogens is 376 g/mol. The van der Waals surface area contributed by atoms with Crippen LogP contribution in [0.2, 0.25) is 0 Å². The van der Waals surface area contributed by atoms with E-state index in [1.807, 2.05) is 13.8 Å². The van der Waals surface area contributed by atoms with Crippen molar-refractivity contribution in [3.05, 3.63) is 35.4 Å². The zero-order chi connectivity index (χ0) is 21.1. The Morgan fingerprint density at radius 1 is 1.21 bits per heavy atom. The lowest BCUT2D eigenvalue weighted by atomic mass is 9.97. The molecule has 1 aromatic carbocycles. The molecular formula is C21H26N2O6. The van der Waals surface area contributed by atoms with Gasteiger partial charge in [-0.15, -0.1) is 0 Å². The Morgan fingerprint density at radius 2 is 1.83 bits per heavy atom. The van der Waals surface area contributed by atoms with Gasteiger partial charge in [0.15, 0.2) is 6.61 Å². The van der Waals surface area contributed by atoms with E-state index in [0.717, 1.165) is 4.90 Å². The molecule has 1 unspecified atom stereocenters. The van der Waals surface area contributed by atoms with Crippen LogP contribution in [-0.4, -0.2) is 71.9 Å². The Bertz CT molecular complexity index is 788. The highest BCUT2D eigenvalue weighted by Crippen LogP contribution is 2.28. The van der Waals surface area contributed by atoms with E-state index in [1.54, 1.807) is 36.1 Å². The molecule has 1 fully saturated rings. The number of ether oxygens (including phenoxy) is 2. The normalized spacial score (nSPS) is 21.0. The van der Waals surface area contributed by atoms with Crippen molar-refractivity contribution in [1.29, 1.82) is 0 Å². The van der Waals surface area contributed by atoms with Gasteiger partial charge in [0.1, 0.15) is 6.04 Å². The van der Waals surface area contributed by atoms with E-state index < -0.39 is 30.4 Å². The van der Waals surface area contributed by atoms with E-state index in [1.165, 1.54) is 0 Å². The molecule has 0 radical (unpaired) electrons. The van der Waals surface area contributed by atoms with Gasteiger partial charge < -0.3 is 14.4 Å². The highest BCUT2D eigenvalue weighted by atomic mass is 16.5. The second-order valence-electron chi connectivity index (χ2n) is 7.49. The number of amides is 3. The van der Waals surface area contributed by atoms with Gasteiger partial charge in [-0.05, 0) is 25.0 Å². The highest BCUT2D eigenvalue weighted by molar-refractivity contribution is 6.22. The SMILES string of the molecule is CC[C@H](C)[C@@H](C(=O)OCC(=O)N1CCOC(C)C1)N1C(=O)c2ccccc2C1=O. The number of morpholine rings is 1. The number of benzene rings is 1. The van der Waals surface area contributed by atoms with Gasteiger partial charge in [0.2, 0.25) is 0 Å². The highest BCUT2D eigenvalue weighted by Gasteiger charge is 2.45. The topological polar surface area (TPSA) is 93.2 Å². The molecule has 0 spiro atoms. The number of imide groups is 1. The van der Waals surface area contributed by atoms with Crippen molar-refractivity contribution in [2.24, 2.45) is 5.92 Å². The monoisotopic (exact) mass is 402 g/mol. The van der Waals surface area contributed by atoms with Crippen molar-refractivity contribution in [1.82, 2.24) is 9.80 Å². The molecule has 3 amide bonds. The largest absolute Gasteiger partial charge is 0.454 e. The fourth-order valence-corrected chi connectivity index (χ4v) is 3.63. The molecule has 0 bridgehead atoms. The summed E-state index contributed by atoms with van der Waals surface area (Å²) >= 11 is 0. The molecule has 0 N–H and O–H groups in total. The first-order valence-electron chi connectivity index (χ1n) is 9.88. The maximum Gasteiger partial charge on any atom is 0.330 e. The number of esters is 1. The van der Waals surface area contributed by atoms with Crippen LogP contribution in [-0.2, 0) is 19.1 Å². The van der Waals surface area contributed by atoms with Gasteiger partial charge in [0, 0.05) is 13.1 Å². The van der Waals surface area contributed by atoms with Crippen LogP contribution in [0.15, 0.2) is 24.3 Å². The zero-order valence-corrected chi connectivity index (χ0v) is 16.9. The maximum atomic E-state index is 12.9. The third kappa shape index (κ3) is 4.17. The lowest BCUT2D eigenvalue weighted by molar-refractivity contribution is -0.158. The van der Waals surface area contributed by atoms with E-state index in [2.05, 4.69) is 0 Å². The van der Waals surface area contributed by atoms with Crippen LogP contribution >= 0.6 is 0 Å². The Balaban J connectivity index is 1.72. The van der Waals surface area contributed by atoms with Gasteiger partial charge in [-0.1, -0.05) is 32.4 Å². The predicted octanol–water partition coefficient (Wildman–Crippen LogP) is 1.49. The van der Waals surface area contributed by atoms with Crippen LogP contribution in [0, 0.1) is 5.92 Å². The summed E-state index contributed by atoms with van der Waals surface area (Å²) in [6, 6.07) is 5.40. The summed E-state index contributed by atoms with van der Waals surface area (Å²) in [6.07, 6.45) is 0.483. The first-order chi connectivity index (χ1) is 13.8. The predicted molar refractivity (Wildman–Crippen MR) is 103 cm³/mol. The van der Waals surface area contributed by atoms with E-state index in [9.17, 15) is 19.2 Å². The van der Waals surface area contributed by atoms with Crippen LogP contribution < -0.4 is 0 Å². The van der Waals surface area contributed by atoms with E-state index in [4.69, 9.17) is 9.47 Å². The average molecular weight is 402 g/mol. The summed E-state index contributed by atoms with van der Waals surface area (Å²) in [5.41, 5.74) is 0.550. The first kappa shape index (κ1) is 21.0. The Kier molecular flexibility index (Phi) is 6.32. The molecule has 2 heterocycles. The van der Waals surface area contributed by atoms with Gasteiger partial charge in [0.25, 0.3) is 17.7 Å². The molecule has 1 saturated heterocycles. The van der Waals surface area contributed by atoms with Crippen molar-refractivity contribution >= 4 is 23.7 Å². The Labute approximate surface area is 169 Å². The standard InChI is InChI=1S/C21H26N2O6/c1-4-13(2)18(23-19(25)15-7-5-6-8-16(15)20(23)26)21(27)29-12-17(24)22-9-10-28-14(3)11-22/h5-8,13-14,18H,4,9-12H2,1-3H3/t13-,14?,18-/m0/s1. The molecule has 3 rings (SSSR count). The number of carbonyl (C=O) groups is 4. The van der Waals surface area contributed by atoms with Gasteiger partial charge in [-0.25, -0.2) is 4.79 Å². The lowest BCUT2D eigenvalue weighted by Crippen LogP contribution is -2.50. The number of hydrogen-bond acceptors (Lipinski definition) is 6. The minimum Gasteiger partial charge on any atom is -0.454 e. The molecule has 3 atom stereocenters. The second-order valence-corrected chi connectivity index (χ2v) is 7.49. The molecule has 2 aliphatic rings. The number of rotatable bonds is 6. The smallest absolute Gasteiger partial charge is 0.330 e. The molecule has 156 valence electrons. The second kappa shape index (κ2) is 8.73. The van der Waals surface area contributed by atoms with Crippen molar-refractivity contribution in [3.8, 4) is 0 Å². The minimum atomic E-state index is -1.08. The van der Waals surface area contributed by atoms with E-state index >= 15 is 0 Å². The quantitative estimate of drug-likeness (QED) is 0.529. The maximum absolute atomic E-state index is 12.9. The van der Waals surface area contributed by atoms with Gasteiger partial charge in [0.05, 0.1) is 23.8 Å². The lowest BCUT2D eigenvalue weighted by Gasteiger charge is -2.32. The summed E-state index contributed by atoms with van der Waals surface area (Å²) in [5, 5.41) is 0. The molecule has 1 aromatic rings. The van der Waals surface area contributed by atoms with Gasteiger partial charge in [-0.3, -0.25) is 19.3 Å². The molecule has 8 heteroatoms. The average Bonchev–Trinajstić information content (AvgIpc) is 2.97. The fourth-order valence-electron chi connectivity index (χ4n) is 3.63. The Hall–Kier alpha value is -2.74. The van der Waals surface area contributed by atoms with Gasteiger partial charge in [-0.2, -0.15) is 0 Å². The van der Waals surface area contributed by atoms with Crippen LogP contribution in [0.1, 0.15) is 47.9 Å². The third-order valence-electron chi connectivity index (χ3n) is 5.46. The summed E-state index contributed by atoms with van der Waals surface area (Å²) in [6.45, 7) is 6.39. The van der Waals surface area contributed by atoms with E-state index in [-0.39, 0.29) is 29.1 Å². The summed E-state index contributed by atoms with van der Waals surface area (Å²) in [4.78, 5) is 53.4. The molecule has 2 aliphatic heterocycles.